The van der Waals surface area contributed by atoms with Crippen molar-refractivity contribution < 1.29 is 22.7 Å². The van der Waals surface area contributed by atoms with Crippen molar-refractivity contribution in [2.24, 2.45) is 0 Å². The molecule has 0 spiro atoms. The fourth-order valence-electron chi connectivity index (χ4n) is 3.24. The normalized spacial score (nSPS) is 12.2. The monoisotopic (exact) mass is 434 g/mol. The molecule has 0 aromatic heterocycles. The molecule has 0 bridgehead atoms. The zero-order valence-corrected chi connectivity index (χ0v) is 19.0. The van der Waals surface area contributed by atoms with Gasteiger partial charge in [0, 0.05) is 6.54 Å². The number of hydrogen-bond donors (Lipinski definition) is 1. The van der Waals surface area contributed by atoms with Crippen LogP contribution in [0.4, 0.5) is 5.69 Å². The van der Waals surface area contributed by atoms with Crippen LogP contribution < -0.4 is 19.1 Å². The summed E-state index contributed by atoms with van der Waals surface area (Å²) in [6.45, 7) is 4.09. The highest BCUT2D eigenvalue weighted by Gasteiger charge is 2.31. The predicted octanol–water partition coefficient (Wildman–Crippen LogP) is 2.92. The Balaban J connectivity index is 2.11. The Morgan fingerprint density at radius 1 is 1.07 bits per heavy atom. The van der Waals surface area contributed by atoms with Crippen molar-refractivity contribution in [1.82, 2.24) is 5.32 Å². The van der Waals surface area contributed by atoms with Gasteiger partial charge in [-0.05, 0) is 49.6 Å². The van der Waals surface area contributed by atoms with Gasteiger partial charge in [0.25, 0.3) is 0 Å². The zero-order chi connectivity index (χ0) is 22.3. The van der Waals surface area contributed by atoms with Crippen LogP contribution in [0.15, 0.2) is 42.5 Å². The van der Waals surface area contributed by atoms with Crippen LogP contribution in [-0.4, -0.2) is 47.4 Å². The molecular weight excluding hydrogens is 404 g/mol. The summed E-state index contributed by atoms with van der Waals surface area (Å²) in [6, 6.07) is 11.8. The minimum atomic E-state index is -3.64. The summed E-state index contributed by atoms with van der Waals surface area (Å²) in [7, 11) is -0.496. The van der Waals surface area contributed by atoms with E-state index in [-0.39, 0.29) is 5.91 Å². The second kappa shape index (κ2) is 10.3. The van der Waals surface area contributed by atoms with Crippen molar-refractivity contribution >= 4 is 21.6 Å². The average molecular weight is 435 g/mol. The van der Waals surface area contributed by atoms with Crippen molar-refractivity contribution in [3.8, 4) is 11.5 Å². The van der Waals surface area contributed by atoms with Crippen LogP contribution in [0.1, 0.15) is 24.5 Å². The molecule has 30 heavy (non-hydrogen) atoms. The number of anilines is 1. The molecule has 7 nitrogen and oxygen atoms in total. The number of nitrogens with one attached hydrogen (secondary N) is 1. The van der Waals surface area contributed by atoms with Gasteiger partial charge < -0.3 is 14.8 Å². The molecule has 164 valence electrons. The van der Waals surface area contributed by atoms with Gasteiger partial charge in [0.05, 0.1) is 26.2 Å². The summed E-state index contributed by atoms with van der Waals surface area (Å²) >= 11 is 0. The fourth-order valence-corrected chi connectivity index (χ4v) is 4.45. The van der Waals surface area contributed by atoms with E-state index in [1.807, 2.05) is 37.3 Å². The summed E-state index contributed by atoms with van der Waals surface area (Å²) in [5.41, 5.74) is 2.46. The van der Waals surface area contributed by atoms with Gasteiger partial charge in [-0.25, -0.2) is 8.42 Å². The quantitative estimate of drug-likeness (QED) is 0.622. The van der Waals surface area contributed by atoms with Crippen LogP contribution >= 0.6 is 0 Å². The van der Waals surface area contributed by atoms with Gasteiger partial charge in [0.15, 0.2) is 11.5 Å². The topological polar surface area (TPSA) is 84.9 Å². The molecule has 2 aromatic carbocycles. The number of aryl methyl sites for hydroxylation is 1. The Hall–Kier alpha value is -2.74. The molecule has 0 saturated carbocycles. The fraction of sp³-hybridized carbons (Fsp3) is 0.409. The number of methoxy groups -OCH3 is 2. The molecule has 2 aromatic rings. The molecule has 0 fully saturated rings. The van der Waals surface area contributed by atoms with E-state index in [0.717, 1.165) is 17.4 Å². The number of rotatable bonds is 10. The van der Waals surface area contributed by atoms with Gasteiger partial charge in [-0.1, -0.05) is 30.7 Å². The molecule has 0 saturated heterocycles. The van der Waals surface area contributed by atoms with E-state index in [0.29, 0.717) is 36.6 Å². The Labute approximate surface area is 179 Å². The predicted molar refractivity (Wildman–Crippen MR) is 119 cm³/mol. The maximum absolute atomic E-state index is 12.9. The maximum Gasteiger partial charge on any atom is 0.243 e. The van der Waals surface area contributed by atoms with E-state index in [1.165, 1.54) is 4.31 Å². The first kappa shape index (κ1) is 23.5. The van der Waals surface area contributed by atoms with Crippen LogP contribution in [0.2, 0.25) is 0 Å². The molecule has 1 amide bonds. The molecule has 1 N–H and O–H groups in total. The smallest absolute Gasteiger partial charge is 0.243 e. The molecule has 0 aliphatic carbocycles. The molecule has 0 heterocycles. The number of amides is 1. The molecular formula is C22H30N2O5S. The zero-order valence-electron chi connectivity index (χ0n) is 18.1. The molecule has 0 aliphatic heterocycles. The highest BCUT2D eigenvalue weighted by atomic mass is 32.2. The lowest BCUT2D eigenvalue weighted by Crippen LogP contribution is -2.49. The molecule has 0 radical (unpaired) electrons. The van der Waals surface area contributed by atoms with Gasteiger partial charge >= 0.3 is 0 Å². The molecule has 2 rings (SSSR count). The third kappa shape index (κ3) is 5.89. The van der Waals surface area contributed by atoms with E-state index in [4.69, 9.17) is 9.47 Å². The lowest BCUT2D eigenvalue weighted by Gasteiger charge is -2.30. The Morgan fingerprint density at radius 2 is 1.70 bits per heavy atom. The first-order valence-corrected chi connectivity index (χ1v) is 11.6. The first-order chi connectivity index (χ1) is 14.2. The summed E-state index contributed by atoms with van der Waals surface area (Å²) in [4.78, 5) is 12.9. The molecule has 1 unspecified atom stereocenters. The van der Waals surface area contributed by atoms with Crippen LogP contribution in [-0.2, 0) is 21.2 Å². The number of nitrogens with zero attached hydrogens (tertiary/aromatic N) is 1. The number of carbonyl (C=O) groups excluding carboxylic acids is 1. The van der Waals surface area contributed by atoms with Gasteiger partial charge in [-0.15, -0.1) is 0 Å². The Bertz CT molecular complexity index is 958. The minimum absolute atomic E-state index is 0.330. The largest absolute Gasteiger partial charge is 0.493 e. The Kier molecular flexibility index (Phi) is 8.11. The molecule has 8 heteroatoms. The van der Waals surface area contributed by atoms with E-state index >= 15 is 0 Å². The second-order valence-corrected chi connectivity index (χ2v) is 8.91. The minimum Gasteiger partial charge on any atom is -0.493 e. The average Bonchev–Trinajstić information content (AvgIpc) is 2.71. The van der Waals surface area contributed by atoms with Crippen LogP contribution in [0.3, 0.4) is 0 Å². The number of carbonyl (C=O) groups is 1. The second-order valence-electron chi connectivity index (χ2n) is 7.05. The van der Waals surface area contributed by atoms with Crippen molar-refractivity contribution in [3.63, 3.8) is 0 Å². The van der Waals surface area contributed by atoms with Crippen molar-refractivity contribution in [1.29, 1.82) is 0 Å². The van der Waals surface area contributed by atoms with E-state index in [9.17, 15) is 13.2 Å². The van der Waals surface area contributed by atoms with Gasteiger partial charge in [-0.3, -0.25) is 9.10 Å². The van der Waals surface area contributed by atoms with Crippen molar-refractivity contribution in [3.05, 3.63) is 53.6 Å². The van der Waals surface area contributed by atoms with E-state index < -0.39 is 16.1 Å². The number of sulfonamides is 1. The highest BCUT2D eigenvalue weighted by molar-refractivity contribution is 7.92. The Morgan fingerprint density at radius 3 is 2.23 bits per heavy atom. The summed E-state index contributed by atoms with van der Waals surface area (Å²) in [5.74, 6) is 0.928. The van der Waals surface area contributed by atoms with Gasteiger partial charge in [-0.2, -0.15) is 0 Å². The van der Waals surface area contributed by atoms with Crippen molar-refractivity contribution in [2.75, 3.05) is 31.3 Å². The molecule has 0 aliphatic rings. The highest BCUT2D eigenvalue weighted by Crippen LogP contribution is 2.27. The van der Waals surface area contributed by atoms with Crippen LogP contribution in [0.25, 0.3) is 0 Å². The van der Waals surface area contributed by atoms with Gasteiger partial charge in [0.2, 0.25) is 15.9 Å². The lowest BCUT2D eigenvalue weighted by atomic mass is 10.1. The third-order valence-corrected chi connectivity index (χ3v) is 5.96. The number of benzene rings is 2. The SMILES string of the molecule is CCC(C(=O)NCCc1ccc(OC)c(OC)c1)N(c1ccc(C)cc1)S(C)(=O)=O. The third-order valence-electron chi connectivity index (χ3n) is 4.78. The first-order valence-electron chi connectivity index (χ1n) is 9.76. The van der Waals surface area contributed by atoms with Crippen LogP contribution in [0.5, 0.6) is 11.5 Å². The number of hydrogen-bond acceptors (Lipinski definition) is 5. The molecule has 1 atom stereocenters. The van der Waals surface area contributed by atoms with Gasteiger partial charge in [0.1, 0.15) is 6.04 Å². The standard InChI is InChI=1S/C22H30N2O5S/c1-6-19(24(30(5,26)27)18-10-7-16(2)8-11-18)22(25)23-14-13-17-9-12-20(28-3)21(15-17)29-4/h7-12,15,19H,6,13-14H2,1-5H3,(H,23,25). The summed E-state index contributed by atoms with van der Waals surface area (Å²) in [5, 5.41) is 2.86. The summed E-state index contributed by atoms with van der Waals surface area (Å²) < 4.78 is 36.7. The number of ether oxygens (including phenoxy) is 2. The maximum atomic E-state index is 12.9. The van der Waals surface area contributed by atoms with Crippen LogP contribution in [0, 0.1) is 6.92 Å². The summed E-state index contributed by atoms with van der Waals surface area (Å²) in [6.07, 6.45) is 2.04. The van der Waals surface area contributed by atoms with E-state index in [1.54, 1.807) is 33.3 Å². The van der Waals surface area contributed by atoms with E-state index in [2.05, 4.69) is 5.32 Å². The van der Waals surface area contributed by atoms with Crippen molar-refractivity contribution in [2.45, 2.75) is 32.7 Å². The lowest BCUT2D eigenvalue weighted by molar-refractivity contribution is -0.122.